The van der Waals surface area contributed by atoms with Crippen LogP contribution in [-0.2, 0) is 4.79 Å². The third-order valence-corrected chi connectivity index (χ3v) is 4.97. The van der Waals surface area contributed by atoms with Crippen LogP contribution in [0.2, 0.25) is 0 Å². The van der Waals surface area contributed by atoms with Gasteiger partial charge in [-0.05, 0) is 17.9 Å². The molecule has 0 saturated carbocycles. The maximum atomic E-state index is 12.3. The number of aromatic nitrogens is 2. The number of anilines is 1. The minimum absolute atomic E-state index is 0.0694. The molecule has 3 heterocycles. The fourth-order valence-electron chi connectivity index (χ4n) is 2.73. The molecule has 1 N–H and O–H groups in total. The highest BCUT2D eigenvalue weighted by molar-refractivity contribution is 7.12. The van der Waals surface area contributed by atoms with Crippen LogP contribution in [0, 0.1) is 0 Å². The summed E-state index contributed by atoms with van der Waals surface area (Å²) in [5, 5.41) is 4.72. The van der Waals surface area contributed by atoms with E-state index in [9.17, 15) is 9.59 Å². The second kappa shape index (κ2) is 8.57. The van der Waals surface area contributed by atoms with Gasteiger partial charge >= 0.3 is 0 Å². The Morgan fingerprint density at radius 1 is 1.20 bits per heavy atom. The van der Waals surface area contributed by atoms with Crippen LogP contribution in [-0.4, -0.2) is 59.4 Å². The second-order valence-corrected chi connectivity index (χ2v) is 6.72. The molecule has 25 heavy (non-hydrogen) atoms. The van der Waals surface area contributed by atoms with Gasteiger partial charge < -0.3 is 15.1 Å². The molecule has 3 rings (SSSR count). The molecule has 0 radical (unpaired) electrons. The molecule has 1 saturated heterocycles. The number of hydrogen-bond acceptors (Lipinski definition) is 6. The highest BCUT2D eigenvalue weighted by atomic mass is 32.1. The van der Waals surface area contributed by atoms with Gasteiger partial charge in [0, 0.05) is 51.5 Å². The number of carbonyl (C=O) groups excluding carboxylic acids is 2. The zero-order valence-electron chi connectivity index (χ0n) is 13.9. The first-order chi connectivity index (χ1) is 12.2. The molecular weight excluding hydrogens is 338 g/mol. The molecule has 0 aromatic carbocycles. The van der Waals surface area contributed by atoms with Gasteiger partial charge in [0.25, 0.3) is 5.91 Å². The van der Waals surface area contributed by atoms with Gasteiger partial charge in [0.2, 0.25) is 5.91 Å². The van der Waals surface area contributed by atoms with E-state index in [-0.39, 0.29) is 11.8 Å². The molecule has 1 aliphatic rings. The average Bonchev–Trinajstić information content (AvgIpc) is 3.21. The molecular formula is C17H21N5O2S. The van der Waals surface area contributed by atoms with E-state index in [0.717, 1.165) is 18.9 Å². The third kappa shape index (κ3) is 4.76. The first-order valence-corrected chi connectivity index (χ1v) is 9.22. The number of rotatable bonds is 6. The van der Waals surface area contributed by atoms with Crippen LogP contribution in [0.3, 0.4) is 0 Å². The van der Waals surface area contributed by atoms with Crippen molar-refractivity contribution in [3.63, 3.8) is 0 Å². The summed E-state index contributed by atoms with van der Waals surface area (Å²) in [7, 11) is 0. The van der Waals surface area contributed by atoms with Crippen molar-refractivity contribution in [2.45, 2.75) is 12.8 Å². The molecule has 0 spiro atoms. The summed E-state index contributed by atoms with van der Waals surface area (Å²) < 4.78 is 0. The summed E-state index contributed by atoms with van der Waals surface area (Å²) >= 11 is 1.42. The monoisotopic (exact) mass is 359 g/mol. The molecule has 8 heteroatoms. The van der Waals surface area contributed by atoms with Crippen molar-refractivity contribution in [3.8, 4) is 0 Å². The van der Waals surface area contributed by atoms with E-state index in [2.05, 4.69) is 20.2 Å². The molecule has 2 aromatic heterocycles. The number of thiophene rings is 1. The molecule has 0 unspecified atom stereocenters. The maximum Gasteiger partial charge on any atom is 0.261 e. The molecule has 7 nitrogen and oxygen atoms in total. The predicted octanol–water partition coefficient (Wildman–Crippen LogP) is 1.40. The van der Waals surface area contributed by atoms with Crippen molar-refractivity contribution in [1.29, 1.82) is 0 Å². The summed E-state index contributed by atoms with van der Waals surface area (Å²) in [4.78, 5) is 37.2. The predicted molar refractivity (Wildman–Crippen MR) is 96.7 cm³/mol. The summed E-state index contributed by atoms with van der Waals surface area (Å²) in [6.07, 6.45) is 6.18. The van der Waals surface area contributed by atoms with E-state index in [1.807, 2.05) is 16.3 Å². The van der Waals surface area contributed by atoms with Crippen molar-refractivity contribution in [2.75, 3.05) is 37.6 Å². The molecule has 2 amide bonds. The molecule has 2 aromatic rings. The van der Waals surface area contributed by atoms with Gasteiger partial charge in [0.05, 0.1) is 11.1 Å². The van der Waals surface area contributed by atoms with Gasteiger partial charge in [-0.15, -0.1) is 11.3 Å². The first kappa shape index (κ1) is 17.3. The highest BCUT2D eigenvalue weighted by Gasteiger charge is 2.21. The number of piperazine rings is 1. The lowest BCUT2D eigenvalue weighted by molar-refractivity contribution is -0.131. The van der Waals surface area contributed by atoms with Crippen LogP contribution in [0.5, 0.6) is 0 Å². The van der Waals surface area contributed by atoms with Crippen LogP contribution >= 0.6 is 11.3 Å². The molecule has 0 atom stereocenters. The van der Waals surface area contributed by atoms with Gasteiger partial charge in [-0.25, -0.2) is 4.98 Å². The van der Waals surface area contributed by atoms with Gasteiger partial charge in [-0.1, -0.05) is 6.07 Å². The largest absolute Gasteiger partial charge is 0.352 e. The summed E-state index contributed by atoms with van der Waals surface area (Å²) in [6, 6.07) is 3.64. The molecule has 0 bridgehead atoms. The van der Waals surface area contributed by atoms with Crippen molar-refractivity contribution in [2.24, 2.45) is 0 Å². The standard InChI is InChI=1S/C17H21N5O2S/c23-16(4-1-5-20-17(24)14-3-2-12-25-14)22-10-8-21(9-11-22)15-13-18-6-7-19-15/h2-3,6-7,12-13H,1,4-5,8-11H2,(H,20,24). The van der Waals surface area contributed by atoms with Crippen LogP contribution in [0.4, 0.5) is 5.82 Å². The number of hydrogen-bond donors (Lipinski definition) is 1. The highest BCUT2D eigenvalue weighted by Crippen LogP contribution is 2.12. The number of carbonyl (C=O) groups is 2. The zero-order valence-corrected chi connectivity index (χ0v) is 14.7. The van der Waals surface area contributed by atoms with Gasteiger partial charge in [0.1, 0.15) is 5.82 Å². The van der Waals surface area contributed by atoms with Crippen molar-refractivity contribution in [1.82, 2.24) is 20.2 Å². The Balaban J connectivity index is 1.35. The number of amides is 2. The van der Waals surface area contributed by atoms with Gasteiger partial charge in [-0.3, -0.25) is 14.6 Å². The minimum atomic E-state index is -0.0694. The lowest BCUT2D eigenvalue weighted by atomic mass is 10.2. The van der Waals surface area contributed by atoms with Crippen molar-refractivity contribution in [3.05, 3.63) is 41.0 Å². The van der Waals surface area contributed by atoms with E-state index in [0.29, 0.717) is 37.4 Å². The smallest absolute Gasteiger partial charge is 0.261 e. The van der Waals surface area contributed by atoms with E-state index < -0.39 is 0 Å². The fraction of sp³-hybridized carbons (Fsp3) is 0.412. The van der Waals surface area contributed by atoms with Crippen molar-refractivity contribution >= 4 is 29.0 Å². The van der Waals surface area contributed by atoms with Gasteiger partial charge in [0.15, 0.2) is 0 Å². The SMILES string of the molecule is O=C(NCCCC(=O)N1CCN(c2cnccn2)CC1)c1cccs1. The van der Waals surface area contributed by atoms with E-state index >= 15 is 0 Å². The Morgan fingerprint density at radius 2 is 2.04 bits per heavy atom. The van der Waals surface area contributed by atoms with Crippen molar-refractivity contribution < 1.29 is 9.59 Å². The lowest BCUT2D eigenvalue weighted by Crippen LogP contribution is -2.49. The number of nitrogens with one attached hydrogen (secondary N) is 1. The molecule has 132 valence electrons. The third-order valence-electron chi connectivity index (χ3n) is 4.10. The Labute approximate surface area is 150 Å². The van der Waals surface area contributed by atoms with Crippen LogP contribution in [0.15, 0.2) is 36.1 Å². The summed E-state index contributed by atoms with van der Waals surface area (Å²) in [5.74, 6) is 0.926. The summed E-state index contributed by atoms with van der Waals surface area (Å²) in [5.41, 5.74) is 0. The topological polar surface area (TPSA) is 78.4 Å². The maximum absolute atomic E-state index is 12.3. The Morgan fingerprint density at radius 3 is 2.72 bits per heavy atom. The molecule has 1 fully saturated rings. The molecule has 1 aliphatic heterocycles. The Bertz CT molecular complexity index is 684. The van der Waals surface area contributed by atoms with Crippen LogP contribution in [0.25, 0.3) is 0 Å². The lowest BCUT2D eigenvalue weighted by Gasteiger charge is -2.35. The number of nitrogens with zero attached hydrogens (tertiary/aromatic N) is 4. The van der Waals surface area contributed by atoms with Gasteiger partial charge in [-0.2, -0.15) is 0 Å². The average molecular weight is 359 g/mol. The van der Waals surface area contributed by atoms with E-state index in [4.69, 9.17) is 0 Å². The van der Waals surface area contributed by atoms with Crippen LogP contribution in [0.1, 0.15) is 22.5 Å². The van der Waals surface area contributed by atoms with E-state index in [1.165, 1.54) is 11.3 Å². The minimum Gasteiger partial charge on any atom is -0.352 e. The second-order valence-electron chi connectivity index (χ2n) is 5.77. The quantitative estimate of drug-likeness (QED) is 0.789. The Kier molecular flexibility index (Phi) is 5.95. The molecule has 0 aliphatic carbocycles. The zero-order chi connectivity index (χ0) is 17.5. The first-order valence-electron chi connectivity index (χ1n) is 8.34. The fourth-order valence-corrected chi connectivity index (χ4v) is 3.37. The van der Waals surface area contributed by atoms with Crippen LogP contribution < -0.4 is 10.2 Å². The normalized spacial score (nSPS) is 14.4. The Hall–Kier alpha value is -2.48. The summed E-state index contributed by atoms with van der Waals surface area (Å²) in [6.45, 7) is 3.43. The van der Waals surface area contributed by atoms with E-state index in [1.54, 1.807) is 24.7 Å².